The molecule has 7 nitrogen and oxygen atoms in total. The number of ether oxygens (including phenoxy) is 3. The van der Waals surface area contributed by atoms with Crippen LogP contribution < -0.4 is 14.8 Å². The second kappa shape index (κ2) is 9.12. The number of nitrogens with zero attached hydrogens (tertiary/aromatic N) is 1. The lowest BCUT2D eigenvalue weighted by molar-refractivity contribution is 0.0513. The first-order chi connectivity index (χ1) is 13.4. The Morgan fingerprint density at radius 1 is 1.21 bits per heavy atom. The van der Waals surface area contributed by atoms with E-state index < -0.39 is 5.97 Å². The van der Waals surface area contributed by atoms with Crippen molar-refractivity contribution < 1.29 is 23.8 Å². The highest BCUT2D eigenvalue weighted by Crippen LogP contribution is 2.31. The third kappa shape index (κ3) is 4.03. The summed E-state index contributed by atoms with van der Waals surface area (Å²) in [6, 6.07) is 5.12. The van der Waals surface area contributed by atoms with Crippen molar-refractivity contribution in [2.45, 2.75) is 27.3 Å². The molecule has 0 saturated heterocycles. The number of rotatable bonds is 8. The molecule has 1 aromatic carbocycles. The number of anilines is 1. The van der Waals surface area contributed by atoms with Gasteiger partial charge in [-0.2, -0.15) is 0 Å². The molecule has 0 aliphatic rings. The zero-order chi connectivity index (χ0) is 20.8. The van der Waals surface area contributed by atoms with Crippen LogP contribution in [0.4, 0.5) is 5.69 Å². The minimum Gasteiger partial charge on any atom is -0.497 e. The summed E-state index contributed by atoms with van der Waals surface area (Å²) in [4.78, 5) is 25.5. The smallest absolute Gasteiger partial charge is 0.355 e. The van der Waals surface area contributed by atoms with Crippen molar-refractivity contribution in [2.75, 3.05) is 26.1 Å². The van der Waals surface area contributed by atoms with Crippen molar-refractivity contribution in [3.63, 3.8) is 0 Å². The average molecular weight is 386 g/mol. The Hall–Kier alpha value is -3.22. The Morgan fingerprint density at radius 2 is 1.93 bits per heavy atom. The molecule has 0 fully saturated rings. The zero-order valence-corrected chi connectivity index (χ0v) is 16.9. The molecule has 28 heavy (non-hydrogen) atoms. The van der Waals surface area contributed by atoms with Crippen LogP contribution in [0.25, 0.3) is 0 Å². The summed E-state index contributed by atoms with van der Waals surface area (Å²) in [5.41, 5.74) is 2.44. The molecule has 1 N–H and O–H groups in total. The van der Waals surface area contributed by atoms with Crippen LogP contribution in [0.1, 0.15) is 39.0 Å². The highest BCUT2D eigenvalue weighted by Gasteiger charge is 2.27. The van der Waals surface area contributed by atoms with Crippen LogP contribution in [-0.2, 0) is 11.3 Å². The minimum atomic E-state index is -0.469. The SMILES string of the molecule is C=CCn1c(C)c(C(=O)Nc2cc(OC)ccc2OC)c(C)c1C(=O)OCC. The third-order valence-corrected chi connectivity index (χ3v) is 4.43. The Bertz CT molecular complexity index is 899. The van der Waals surface area contributed by atoms with Crippen LogP contribution in [-0.4, -0.2) is 37.3 Å². The Morgan fingerprint density at radius 3 is 2.50 bits per heavy atom. The molecule has 1 amide bonds. The number of esters is 1. The van der Waals surface area contributed by atoms with Crippen LogP contribution in [0.15, 0.2) is 30.9 Å². The predicted molar refractivity (Wildman–Crippen MR) is 108 cm³/mol. The lowest BCUT2D eigenvalue weighted by Crippen LogP contribution is -2.15. The highest BCUT2D eigenvalue weighted by atomic mass is 16.5. The van der Waals surface area contributed by atoms with Crippen molar-refractivity contribution in [1.29, 1.82) is 0 Å². The molecular weight excluding hydrogens is 360 g/mol. The second-order valence-corrected chi connectivity index (χ2v) is 6.07. The van der Waals surface area contributed by atoms with Gasteiger partial charge < -0.3 is 24.1 Å². The Labute approximate surface area is 164 Å². The van der Waals surface area contributed by atoms with E-state index in [0.29, 0.717) is 46.2 Å². The molecular formula is C21H26N2O5. The molecule has 0 saturated carbocycles. The first kappa shape index (κ1) is 21.1. The number of allylic oxidation sites excluding steroid dienone is 1. The van der Waals surface area contributed by atoms with Gasteiger partial charge >= 0.3 is 5.97 Å². The molecule has 0 unspecified atom stereocenters. The molecule has 7 heteroatoms. The molecule has 2 aromatic rings. The predicted octanol–water partition coefficient (Wildman–Crippen LogP) is 3.74. The van der Waals surface area contributed by atoms with Crippen LogP contribution in [0.5, 0.6) is 11.5 Å². The van der Waals surface area contributed by atoms with Gasteiger partial charge in [0.1, 0.15) is 17.2 Å². The average Bonchev–Trinajstić information content (AvgIpc) is 2.92. The third-order valence-electron chi connectivity index (χ3n) is 4.43. The van der Waals surface area contributed by atoms with E-state index in [1.54, 1.807) is 56.7 Å². The van der Waals surface area contributed by atoms with Crippen molar-refractivity contribution in [3.05, 3.63) is 53.4 Å². The highest BCUT2D eigenvalue weighted by molar-refractivity contribution is 6.09. The summed E-state index contributed by atoms with van der Waals surface area (Å²) >= 11 is 0. The van der Waals surface area contributed by atoms with Crippen molar-refractivity contribution >= 4 is 17.6 Å². The van der Waals surface area contributed by atoms with Gasteiger partial charge in [0.25, 0.3) is 5.91 Å². The number of hydrogen-bond donors (Lipinski definition) is 1. The molecule has 0 aliphatic heterocycles. The molecule has 0 bridgehead atoms. The van der Waals surface area contributed by atoms with Gasteiger partial charge in [-0.05, 0) is 38.5 Å². The lowest BCUT2D eigenvalue weighted by Gasteiger charge is -2.12. The first-order valence-electron chi connectivity index (χ1n) is 8.90. The fourth-order valence-corrected chi connectivity index (χ4v) is 3.15. The maximum absolute atomic E-state index is 13.1. The number of benzene rings is 1. The van der Waals surface area contributed by atoms with E-state index in [1.165, 1.54) is 7.11 Å². The number of aromatic nitrogens is 1. The van der Waals surface area contributed by atoms with E-state index >= 15 is 0 Å². The van der Waals surface area contributed by atoms with Crippen LogP contribution in [0.2, 0.25) is 0 Å². The maximum Gasteiger partial charge on any atom is 0.355 e. The maximum atomic E-state index is 13.1. The van der Waals surface area contributed by atoms with Gasteiger partial charge in [-0.25, -0.2) is 4.79 Å². The van der Waals surface area contributed by atoms with Gasteiger partial charge in [0.15, 0.2) is 0 Å². The quantitative estimate of drug-likeness (QED) is 0.552. The molecule has 0 spiro atoms. The van der Waals surface area contributed by atoms with Gasteiger partial charge in [0.2, 0.25) is 0 Å². The number of methoxy groups -OCH3 is 2. The summed E-state index contributed by atoms with van der Waals surface area (Å²) in [5.74, 6) is 0.263. The van der Waals surface area contributed by atoms with E-state index in [2.05, 4.69) is 11.9 Å². The fraction of sp³-hybridized carbons (Fsp3) is 0.333. The molecule has 0 atom stereocenters. The molecule has 2 rings (SSSR count). The number of amides is 1. The van der Waals surface area contributed by atoms with Gasteiger partial charge in [-0.15, -0.1) is 6.58 Å². The van der Waals surface area contributed by atoms with E-state index in [4.69, 9.17) is 14.2 Å². The van der Waals surface area contributed by atoms with Gasteiger partial charge in [0.05, 0.1) is 32.1 Å². The largest absolute Gasteiger partial charge is 0.497 e. The molecule has 1 aromatic heterocycles. The van der Waals surface area contributed by atoms with Gasteiger partial charge in [-0.3, -0.25) is 4.79 Å². The second-order valence-electron chi connectivity index (χ2n) is 6.07. The molecule has 150 valence electrons. The normalized spacial score (nSPS) is 10.3. The number of carbonyl (C=O) groups excluding carboxylic acids is 2. The van der Waals surface area contributed by atoms with Crippen LogP contribution in [0.3, 0.4) is 0 Å². The number of hydrogen-bond acceptors (Lipinski definition) is 5. The van der Waals surface area contributed by atoms with E-state index in [-0.39, 0.29) is 12.5 Å². The summed E-state index contributed by atoms with van der Waals surface area (Å²) in [7, 11) is 3.07. The van der Waals surface area contributed by atoms with Crippen LogP contribution in [0, 0.1) is 13.8 Å². The van der Waals surface area contributed by atoms with Crippen molar-refractivity contribution in [2.24, 2.45) is 0 Å². The fourth-order valence-electron chi connectivity index (χ4n) is 3.15. The topological polar surface area (TPSA) is 78.8 Å². The number of nitrogens with one attached hydrogen (secondary N) is 1. The standard InChI is InChI=1S/C21H26N2O5/c1-7-11-23-14(4)18(13(3)19(23)21(25)28-8-2)20(24)22-16-12-15(26-5)9-10-17(16)27-6/h7,9-10,12H,1,8,11H2,2-6H3,(H,22,24). The van der Waals surface area contributed by atoms with Gasteiger partial charge in [0, 0.05) is 18.3 Å². The summed E-state index contributed by atoms with van der Waals surface area (Å²) < 4.78 is 17.4. The summed E-state index contributed by atoms with van der Waals surface area (Å²) in [5, 5.41) is 2.85. The summed E-state index contributed by atoms with van der Waals surface area (Å²) in [6.45, 7) is 9.63. The minimum absolute atomic E-state index is 0.249. The zero-order valence-electron chi connectivity index (χ0n) is 16.9. The molecule has 0 aliphatic carbocycles. The monoisotopic (exact) mass is 386 g/mol. The van der Waals surface area contributed by atoms with Crippen molar-refractivity contribution in [1.82, 2.24) is 4.57 Å². The van der Waals surface area contributed by atoms with Crippen LogP contribution >= 0.6 is 0 Å². The molecule has 1 heterocycles. The number of carbonyl (C=O) groups is 2. The first-order valence-corrected chi connectivity index (χ1v) is 8.90. The van der Waals surface area contributed by atoms with Crippen molar-refractivity contribution in [3.8, 4) is 11.5 Å². The van der Waals surface area contributed by atoms with E-state index in [1.807, 2.05) is 0 Å². The van der Waals surface area contributed by atoms with Gasteiger partial charge in [-0.1, -0.05) is 6.08 Å². The van der Waals surface area contributed by atoms with E-state index in [9.17, 15) is 9.59 Å². The Kier molecular flexibility index (Phi) is 6.87. The van der Waals surface area contributed by atoms with E-state index in [0.717, 1.165) is 0 Å². The Balaban J connectivity index is 2.50. The molecule has 0 radical (unpaired) electrons. The summed E-state index contributed by atoms with van der Waals surface area (Å²) in [6.07, 6.45) is 1.67. The lowest BCUT2D eigenvalue weighted by atomic mass is 10.1.